The molecule has 0 aliphatic rings. The maximum absolute atomic E-state index is 11.1. The molecule has 0 aliphatic carbocycles. The minimum Gasteiger partial charge on any atom is -0.358 e. The summed E-state index contributed by atoms with van der Waals surface area (Å²) >= 11 is 0. The largest absolute Gasteiger partial charge is 0.466 e. The van der Waals surface area contributed by atoms with Crippen LogP contribution in [-0.4, -0.2) is 82.8 Å². The standard InChI is InChI=1S/C16H15N9O2.3H3O4P/c1-22-11(25(26)27)7-19-16(22)13-12-14(17)24(8-10-4-3-5-18-6-10)9-20-15(12)23(2)21-13;3*1-5(2,3)4/h3-7,9,17H,8H2,1-2H3;3*(H3,1,2,3,4). The number of pyridine rings is 1. The normalized spacial score (nSPS) is 11.4. The van der Waals surface area contributed by atoms with Crippen LogP contribution in [0.15, 0.2) is 37.1 Å². The second-order valence-electron chi connectivity index (χ2n) is 7.55. The summed E-state index contributed by atoms with van der Waals surface area (Å²) in [5, 5.41) is 24.6. The van der Waals surface area contributed by atoms with Crippen LogP contribution in [0.5, 0.6) is 0 Å². The molecule has 0 spiro atoms. The van der Waals surface area contributed by atoms with Crippen molar-refractivity contribution in [3.63, 3.8) is 0 Å². The molecule has 0 aromatic carbocycles. The van der Waals surface area contributed by atoms with E-state index in [2.05, 4.69) is 20.1 Å². The van der Waals surface area contributed by atoms with Crippen LogP contribution in [0.2, 0.25) is 0 Å². The maximum Gasteiger partial charge on any atom is 0.466 e. The number of imidazole rings is 1. The zero-order valence-corrected chi connectivity index (χ0v) is 23.8. The summed E-state index contributed by atoms with van der Waals surface area (Å²) in [5.74, 6) is 0.157. The summed E-state index contributed by atoms with van der Waals surface area (Å²) in [6.45, 7) is 0.421. The van der Waals surface area contributed by atoms with E-state index >= 15 is 0 Å². The number of aromatic nitrogens is 7. The highest BCUT2D eigenvalue weighted by Crippen LogP contribution is 2.27. The Morgan fingerprint density at radius 1 is 0.929 bits per heavy atom. The molecule has 23 nitrogen and oxygen atoms in total. The van der Waals surface area contributed by atoms with Gasteiger partial charge in [-0.05, 0) is 16.6 Å². The first-order chi connectivity index (χ1) is 19.0. The van der Waals surface area contributed by atoms with Crippen LogP contribution in [-0.2, 0) is 34.3 Å². The van der Waals surface area contributed by atoms with Crippen molar-refractivity contribution in [2.45, 2.75) is 6.54 Å². The number of hydrogen-bond acceptors (Lipinski definition) is 10. The van der Waals surface area contributed by atoms with Crippen molar-refractivity contribution in [1.82, 2.24) is 33.9 Å². The van der Waals surface area contributed by atoms with Crippen LogP contribution in [0, 0.1) is 15.5 Å². The van der Waals surface area contributed by atoms with Gasteiger partial charge in [0.15, 0.2) is 11.3 Å². The Labute approximate surface area is 233 Å². The van der Waals surface area contributed by atoms with Gasteiger partial charge in [0.1, 0.15) is 11.7 Å². The van der Waals surface area contributed by atoms with Crippen LogP contribution in [0.25, 0.3) is 22.6 Å². The third kappa shape index (κ3) is 13.4. The number of nitrogens with zero attached hydrogens (tertiary/aromatic N) is 8. The van der Waals surface area contributed by atoms with Crippen molar-refractivity contribution in [3.05, 3.63) is 58.2 Å². The molecule has 0 aliphatic heterocycles. The van der Waals surface area contributed by atoms with E-state index in [-0.39, 0.29) is 11.3 Å². The molecule has 0 unspecified atom stereocenters. The molecule has 10 N–H and O–H groups in total. The molecule has 0 saturated carbocycles. The summed E-state index contributed by atoms with van der Waals surface area (Å²) in [7, 11) is -10.7. The fraction of sp³-hybridized carbons (Fsp3) is 0.188. The molecular formula is C16H24N9O14P3. The lowest BCUT2D eigenvalue weighted by Crippen LogP contribution is -2.22. The van der Waals surface area contributed by atoms with Gasteiger partial charge in [-0.1, -0.05) is 6.07 Å². The Hall–Kier alpha value is -3.56. The zero-order valence-electron chi connectivity index (χ0n) is 21.2. The van der Waals surface area contributed by atoms with Gasteiger partial charge in [0.25, 0.3) is 0 Å². The molecule has 26 heteroatoms. The van der Waals surface area contributed by atoms with Crippen LogP contribution in [0.1, 0.15) is 5.56 Å². The molecule has 0 amide bonds. The average Bonchev–Trinajstić information content (AvgIpc) is 3.33. The van der Waals surface area contributed by atoms with Gasteiger partial charge in [-0.3, -0.25) is 10.4 Å². The number of aryl methyl sites for hydroxylation is 1. The van der Waals surface area contributed by atoms with E-state index in [0.717, 1.165) is 5.56 Å². The van der Waals surface area contributed by atoms with Gasteiger partial charge in [-0.15, -0.1) is 0 Å². The van der Waals surface area contributed by atoms with Crippen LogP contribution in [0.4, 0.5) is 5.82 Å². The van der Waals surface area contributed by atoms with E-state index in [1.807, 2.05) is 12.1 Å². The predicted molar refractivity (Wildman–Crippen MR) is 137 cm³/mol. The molecule has 0 radical (unpaired) electrons. The minimum atomic E-state index is -4.64. The molecule has 232 valence electrons. The van der Waals surface area contributed by atoms with Gasteiger partial charge in [0.05, 0.1) is 25.3 Å². The first-order valence-corrected chi connectivity index (χ1v) is 15.0. The third-order valence-corrected chi connectivity index (χ3v) is 4.30. The highest BCUT2D eigenvalue weighted by Gasteiger charge is 2.25. The summed E-state index contributed by atoms with van der Waals surface area (Å²) in [4.78, 5) is 87.9. The lowest BCUT2D eigenvalue weighted by Gasteiger charge is -2.07. The lowest BCUT2D eigenvalue weighted by molar-refractivity contribution is -0.391. The highest BCUT2D eigenvalue weighted by atomic mass is 31.2. The van der Waals surface area contributed by atoms with E-state index in [1.54, 1.807) is 37.4 Å². The molecule has 0 atom stereocenters. The SMILES string of the molecule is Cn1c([N+](=O)[O-])cnc1-c1nn(C)c2ncn(Cc3cccnc3)c(=N)c12.O=P(O)(O)O.O=P(O)(O)O.O=P(O)(O)O. The Balaban J connectivity index is 0.000000488. The molecule has 4 aromatic rings. The molecule has 42 heavy (non-hydrogen) atoms. The number of nitrogens with one attached hydrogen (secondary N) is 1. The van der Waals surface area contributed by atoms with Gasteiger partial charge in [0, 0.05) is 19.4 Å². The Kier molecular flexibility index (Phi) is 12.6. The van der Waals surface area contributed by atoms with Crippen molar-refractivity contribution in [3.8, 4) is 11.5 Å². The van der Waals surface area contributed by atoms with E-state index in [1.165, 1.54) is 15.4 Å². The Morgan fingerprint density at radius 2 is 1.45 bits per heavy atom. The predicted octanol–water partition coefficient (Wildman–Crippen LogP) is -1.78. The maximum atomic E-state index is 11.1. The lowest BCUT2D eigenvalue weighted by atomic mass is 10.2. The highest BCUT2D eigenvalue weighted by molar-refractivity contribution is 7.45. The van der Waals surface area contributed by atoms with E-state index < -0.39 is 28.4 Å². The molecule has 0 saturated heterocycles. The summed E-state index contributed by atoms with van der Waals surface area (Å²) in [6.07, 6.45) is 6.16. The van der Waals surface area contributed by atoms with Crippen molar-refractivity contribution in [2.24, 2.45) is 14.1 Å². The van der Waals surface area contributed by atoms with Gasteiger partial charge in [0.2, 0.25) is 5.82 Å². The minimum absolute atomic E-state index is 0.150. The quantitative estimate of drug-likeness (QED) is 0.0657. The van der Waals surface area contributed by atoms with Gasteiger partial charge < -0.3 is 58.7 Å². The molecule has 4 rings (SSSR count). The number of hydrogen-bond donors (Lipinski definition) is 10. The fourth-order valence-corrected chi connectivity index (χ4v) is 2.96. The van der Waals surface area contributed by atoms with Crippen LogP contribution >= 0.6 is 23.5 Å². The van der Waals surface area contributed by atoms with E-state index in [9.17, 15) is 10.1 Å². The van der Waals surface area contributed by atoms with Gasteiger partial charge in [-0.25, -0.2) is 32.9 Å². The van der Waals surface area contributed by atoms with E-state index in [0.29, 0.717) is 29.1 Å². The van der Waals surface area contributed by atoms with Crippen molar-refractivity contribution in [1.29, 1.82) is 5.41 Å². The topological polar surface area (TPSA) is 367 Å². The third-order valence-electron chi connectivity index (χ3n) is 4.30. The Bertz CT molecular complexity index is 1650. The fourth-order valence-electron chi connectivity index (χ4n) is 2.96. The zero-order chi connectivity index (χ0) is 32.6. The smallest absolute Gasteiger partial charge is 0.358 e. The summed E-state index contributed by atoms with van der Waals surface area (Å²) < 4.78 is 31.2. The molecular weight excluding hydrogens is 635 g/mol. The van der Waals surface area contributed by atoms with Crippen LogP contribution < -0.4 is 5.49 Å². The monoisotopic (exact) mass is 659 g/mol. The second kappa shape index (κ2) is 14.6. The van der Waals surface area contributed by atoms with Crippen LogP contribution in [0.3, 0.4) is 0 Å². The Morgan fingerprint density at radius 3 is 1.88 bits per heavy atom. The van der Waals surface area contributed by atoms with Crippen molar-refractivity contribution in [2.75, 3.05) is 0 Å². The first-order valence-electron chi connectivity index (χ1n) is 10.3. The van der Waals surface area contributed by atoms with E-state index in [4.69, 9.17) is 63.1 Å². The van der Waals surface area contributed by atoms with Crippen molar-refractivity contribution >= 4 is 40.3 Å². The average molecular weight is 659 g/mol. The second-order valence-corrected chi connectivity index (χ2v) is 10.6. The first kappa shape index (κ1) is 36.5. The number of rotatable bonds is 4. The van der Waals surface area contributed by atoms with Gasteiger partial charge >= 0.3 is 29.3 Å². The number of nitro groups is 1. The molecule has 0 fully saturated rings. The molecule has 4 heterocycles. The van der Waals surface area contributed by atoms with Crippen molar-refractivity contribution < 1.29 is 62.7 Å². The van der Waals surface area contributed by atoms with Gasteiger partial charge in [-0.2, -0.15) is 5.10 Å². The molecule has 0 bridgehead atoms. The molecule has 4 aromatic heterocycles. The number of fused-ring (bicyclic) bond motifs is 1. The summed E-state index contributed by atoms with van der Waals surface area (Å²) in [5.41, 5.74) is 2.00. The number of phosphoric acid groups is 3. The summed E-state index contributed by atoms with van der Waals surface area (Å²) in [6, 6.07) is 3.74.